The first-order valence-electron chi connectivity index (χ1n) is 9.22. The first-order chi connectivity index (χ1) is 11.8. The number of hydrogen-bond donors (Lipinski definition) is 1. The summed E-state index contributed by atoms with van der Waals surface area (Å²) in [5.74, 6) is 1.23. The zero-order chi connectivity index (χ0) is 16.8. The first-order valence-corrected chi connectivity index (χ1v) is 9.22. The summed E-state index contributed by atoms with van der Waals surface area (Å²) in [6.07, 6.45) is 3.35. The molecular weight excluding hydrogens is 373 g/mol. The molecule has 1 unspecified atom stereocenters. The van der Waals surface area contributed by atoms with Gasteiger partial charge in [-0.05, 0) is 44.0 Å². The van der Waals surface area contributed by atoms with Crippen molar-refractivity contribution in [2.24, 2.45) is 0 Å². The van der Waals surface area contributed by atoms with Gasteiger partial charge in [0, 0.05) is 32.7 Å². The molecule has 1 aromatic rings. The van der Waals surface area contributed by atoms with Crippen molar-refractivity contribution >= 4 is 30.7 Å². The second-order valence-corrected chi connectivity index (χ2v) is 6.68. The fraction of sp³-hybridized carbons (Fsp3) is 0.632. The maximum absolute atomic E-state index is 12.5. The fourth-order valence-electron chi connectivity index (χ4n) is 3.53. The Bertz CT molecular complexity index is 528. The van der Waals surface area contributed by atoms with Crippen molar-refractivity contribution in [1.29, 1.82) is 0 Å². The van der Waals surface area contributed by atoms with E-state index >= 15 is 0 Å². The maximum Gasteiger partial charge on any atom is 0.239 e. The molecule has 3 rings (SSSR count). The number of nitrogens with zero attached hydrogens (tertiary/aromatic N) is 2. The lowest BCUT2D eigenvalue weighted by molar-refractivity contribution is -0.135. The normalized spacial score (nSPS) is 20.7. The highest BCUT2D eigenvalue weighted by Crippen LogP contribution is 2.16. The van der Waals surface area contributed by atoms with Crippen LogP contribution < -0.4 is 10.1 Å². The number of rotatable bonds is 5. The third-order valence-corrected chi connectivity index (χ3v) is 4.93. The van der Waals surface area contributed by atoms with Crippen LogP contribution in [0.5, 0.6) is 5.75 Å². The van der Waals surface area contributed by atoms with Gasteiger partial charge in [0.05, 0.1) is 12.6 Å². The molecule has 1 atom stereocenters. The van der Waals surface area contributed by atoms with Crippen LogP contribution in [0.25, 0.3) is 0 Å². The van der Waals surface area contributed by atoms with Crippen LogP contribution in [0.1, 0.15) is 31.7 Å². The van der Waals surface area contributed by atoms with E-state index in [1.54, 1.807) is 0 Å². The SMILES string of the molecule is CCOc1ccc(CN2CCN(C(=O)C3CCCCN3)CC2)cc1.Cl.Cl. The van der Waals surface area contributed by atoms with E-state index in [1.165, 1.54) is 18.4 Å². The number of amides is 1. The van der Waals surface area contributed by atoms with Crippen molar-refractivity contribution in [3.63, 3.8) is 0 Å². The summed E-state index contributed by atoms with van der Waals surface area (Å²) >= 11 is 0. The predicted octanol–water partition coefficient (Wildman–Crippen LogP) is 2.72. The van der Waals surface area contributed by atoms with Crippen LogP contribution >= 0.6 is 24.8 Å². The van der Waals surface area contributed by atoms with Gasteiger partial charge in [-0.3, -0.25) is 9.69 Å². The number of benzene rings is 1. The number of ether oxygens (including phenoxy) is 1. The summed E-state index contributed by atoms with van der Waals surface area (Å²) < 4.78 is 5.49. The molecule has 0 aliphatic carbocycles. The lowest BCUT2D eigenvalue weighted by Gasteiger charge is -2.37. The lowest BCUT2D eigenvalue weighted by atomic mass is 10.0. The molecule has 0 spiro atoms. The van der Waals surface area contributed by atoms with Gasteiger partial charge in [-0.25, -0.2) is 0 Å². The minimum absolute atomic E-state index is 0. The number of halogens is 2. The molecule has 1 amide bonds. The van der Waals surface area contributed by atoms with E-state index in [1.807, 2.05) is 24.0 Å². The summed E-state index contributed by atoms with van der Waals surface area (Å²) in [4.78, 5) is 17.0. The molecule has 2 heterocycles. The van der Waals surface area contributed by atoms with Gasteiger partial charge in [-0.2, -0.15) is 0 Å². The average molecular weight is 404 g/mol. The van der Waals surface area contributed by atoms with E-state index in [0.29, 0.717) is 12.5 Å². The molecule has 0 bridgehead atoms. The second-order valence-electron chi connectivity index (χ2n) is 6.68. The van der Waals surface area contributed by atoms with Crippen molar-refractivity contribution in [3.05, 3.63) is 29.8 Å². The Kier molecular flexibility index (Phi) is 10.3. The first kappa shape index (κ1) is 23.0. The van der Waals surface area contributed by atoms with Crippen LogP contribution in [0.3, 0.4) is 0 Å². The smallest absolute Gasteiger partial charge is 0.239 e. The number of piperazine rings is 1. The molecule has 0 radical (unpaired) electrons. The number of piperidine rings is 1. The summed E-state index contributed by atoms with van der Waals surface area (Å²) in [6.45, 7) is 8.20. The maximum atomic E-state index is 12.5. The van der Waals surface area contributed by atoms with E-state index in [2.05, 4.69) is 22.3 Å². The fourth-order valence-corrected chi connectivity index (χ4v) is 3.53. The molecule has 26 heavy (non-hydrogen) atoms. The Balaban J connectivity index is 0.00000169. The molecule has 2 fully saturated rings. The van der Waals surface area contributed by atoms with E-state index < -0.39 is 0 Å². The standard InChI is InChI=1S/C19H29N3O2.2ClH/c1-2-24-17-8-6-16(7-9-17)15-21-11-13-22(14-12-21)19(23)18-5-3-4-10-20-18;;/h6-9,18,20H,2-5,10-15H2,1H3;2*1H. The van der Waals surface area contributed by atoms with Gasteiger partial charge in [0.25, 0.3) is 0 Å². The highest BCUT2D eigenvalue weighted by molar-refractivity contribution is 5.85. The van der Waals surface area contributed by atoms with Gasteiger partial charge in [-0.1, -0.05) is 18.6 Å². The Labute approximate surface area is 169 Å². The van der Waals surface area contributed by atoms with Crippen LogP contribution in [0.15, 0.2) is 24.3 Å². The number of hydrogen-bond acceptors (Lipinski definition) is 4. The van der Waals surface area contributed by atoms with Crippen molar-refractivity contribution < 1.29 is 9.53 Å². The van der Waals surface area contributed by atoms with Crippen LogP contribution in [-0.4, -0.2) is 61.1 Å². The van der Waals surface area contributed by atoms with Gasteiger partial charge in [0.15, 0.2) is 0 Å². The Morgan fingerprint density at radius 3 is 2.38 bits per heavy atom. The van der Waals surface area contributed by atoms with Gasteiger partial charge in [-0.15, -0.1) is 24.8 Å². The number of carbonyl (C=O) groups excluding carboxylic acids is 1. The molecule has 0 aromatic heterocycles. The third kappa shape index (κ3) is 6.31. The molecule has 5 nitrogen and oxygen atoms in total. The van der Waals surface area contributed by atoms with Crippen molar-refractivity contribution in [2.75, 3.05) is 39.3 Å². The monoisotopic (exact) mass is 403 g/mol. The van der Waals surface area contributed by atoms with Crippen molar-refractivity contribution in [2.45, 2.75) is 38.8 Å². The Morgan fingerprint density at radius 2 is 1.81 bits per heavy atom. The van der Waals surface area contributed by atoms with Crippen molar-refractivity contribution in [1.82, 2.24) is 15.1 Å². The minimum Gasteiger partial charge on any atom is -0.494 e. The highest BCUT2D eigenvalue weighted by Gasteiger charge is 2.28. The van der Waals surface area contributed by atoms with E-state index in [-0.39, 0.29) is 30.9 Å². The zero-order valence-corrected chi connectivity index (χ0v) is 17.1. The Morgan fingerprint density at radius 1 is 1.12 bits per heavy atom. The van der Waals surface area contributed by atoms with Gasteiger partial charge < -0.3 is 15.0 Å². The van der Waals surface area contributed by atoms with E-state index in [9.17, 15) is 4.79 Å². The number of nitrogens with one attached hydrogen (secondary N) is 1. The molecule has 2 aliphatic rings. The molecule has 1 N–H and O–H groups in total. The van der Waals surface area contributed by atoms with E-state index in [4.69, 9.17) is 4.74 Å². The van der Waals surface area contributed by atoms with Crippen molar-refractivity contribution in [3.8, 4) is 5.75 Å². The highest BCUT2D eigenvalue weighted by atomic mass is 35.5. The molecule has 2 saturated heterocycles. The van der Waals surface area contributed by atoms with Gasteiger partial charge in [0.1, 0.15) is 5.75 Å². The van der Waals surface area contributed by atoms with Gasteiger partial charge in [0.2, 0.25) is 5.91 Å². The molecular formula is C19H31Cl2N3O2. The average Bonchev–Trinajstić information content (AvgIpc) is 2.64. The number of carbonyl (C=O) groups is 1. The zero-order valence-electron chi connectivity index (χ0n) is 15.5. The quantitative estimate of drug-likeness (QED) is 0.820. The van der Waals surface area contributed by atoms with E-state index in [0.717, 1.165) is 51.4 Å². The second kappa shape index (κ2) is 11.7. The summed E-state index contributed by atoms with van der Waals surface area (Å²) in [6, 6.07) is 8.39. The minimum atomic E-state index is 0. The van der Waals surface area contributed by atoms with Crippen LogP contribution in [0.2, 0.25) is 0 Å². The topological polar surface area (TPSA) is 44.8 Å². The largest absolute Gasteiger partial charge is 0.494 e. The van der Waals surface area contributed by atoms with Crippen LogP contribution in [-0.2, 0) is 11.3 Å². The summed E-state index contributed by atoms with van der Waals surface area (Å²) in [7, 11) is 0. The molecule has 148 valence electrons. The Hall–Kier alpha value is -1.01. The molecule has 0 saturated carbocycles. The molecule has 2 aliphatic heterocycles. The predicted molar refractivity (Wildman–Crippen MR) is 110 cm³/mol. The lowest BCUT2D eigenvalue weighted by Crippen LogP contribution is -2.54. The summed E-state index contributed by atoms with van der Waals surface area (Å²) in [5, 5.41) is 3.37. The van der Waals surface area contributed by atoms with Gasteiger partial charge >= 0.3 is 0 Å². The summed E-state index contributed by atoms with van der Waals surface area (Å²) in [5.41, 5.74) is 1.30. The molecule has 7 heteroatoms. The van der Waals surface area contributed by atoms with Crippen LogP contribution in [0.4, 0.5) is 0 Å². The third-order valence-electron chi connectivity index (χ3n) is 4.93. The van der Waals surface area contributed by atoms with Crippen LogP contribution in [0, 0.1) is 0 Å². The molecule has 1 aromatic carbocycles.